The minimum Gasteiger partial charge on any atom is -0.330 e. The van der Waals surface area contributed by atoms with Crippen LogP contribution in [0.4, 0.5) is 0 Å². The van der Waals surface area contributed by atoms with Gasteiger partial charge in [-0.3, -0.25) is 0 Å². The predicted octanol–water partition coefficient (Wildman–Crippen LogP) is 3.24. The summed E-state index contributed by atoms with van der Waals surface area (Å²) in [5.74, 6) is 0.521. The third-order valence-corrected chi connectivity index (χ3v) is 3.02. The summed E-state index contributed by atoms with van der Waals surface area (Å²) in [4.78, 5) is 0. The number of rotatable bonds is 8. The maximum Gasteiger partial charge on any atom is 0.0247 e. The van der Waals surface area contributed by atoms with E-state index in [1.165, 1.54) is 0 Å². The second-order valence-corrected chi connectivity index (χ2v) is 5.87. The van der Waals surface area contributed by atoms with Crippen molar-refractivity contribution in [3.63, 3.8) is 0 Å². The average Bonchev–Trinajstić information content (AvgIpc) is 2.27. The first-order chi connectivity index (χ1) is 7.89. The van der Waals surface area contributed by atoms with E-state index in [1.807, 2.05) is 0 Å². The van der Waals surface area contributed by atoms with Gasteiger partial charge in [0.1, 0.15) is 0 Å². The van der Waals surface area contributed by atoms with Gasteiger partial charge in [0.05, 0.1) is 0 Å². The molecule has 0 saturated carbocycles. The van der Waals surface area contributed by atoms with Gasteiger partial charge in [-0.25, -0.2) is 0 Å². The standard InChI is InChI=1S/C15H30N2/c1-13(2)14(17)10-8-6-5-7-9-11-15(3,4)12-16/h7-10,13-14H,5-6,11-12,16-17H2,1-4H3/b9-7+,10-8+. The zero-order valence-electron chi connectivity index (χ0n) is 11.9. The molecule has 17 heavy (non-hydrogen) atoms. The Kier molecular flexibility index (Phi) is 8.19. The van der Waals surface area contributed by atoms with Crippen LogP contribution >= 0.6 is 0 Å². The molecule has 0 aliphatic heterocycles. The fraction of sp³-hybridized carbons (Fsp3) is 0.733. The van der Waals surface area contributed by atoms with Crippen molar-refractivity contribution < 1.29 is 0 Å². The van der Waals surface area contributed by atoms with Crippen LogP contribution in [-0.2, 0) is 0 Å². The van der Waals surface area contributed by atoms with E-state index in [0.717, 1.165) is 25.8 Å². The lowest BCUT2D eigenvalue weighted by Gasteiger charge is -2.19. The van der Waals surface area contributed by atoms with Crippen LogP contribution < -0.4 is 11.5 Å². The van der Waals surface area contributed by atoms with Gasteiger partial charge < -0.3 is 11.5 Å². The van der Waals surface area contributed by atoms with Crippen LogP contribution in [0.5, 0.6) is 0 Å². The number of allylic oxidation sites excluding steroid dienone is 3. The minimum absolute atomic E-state index is 0.190. The van der Waals surface area contributed by atoms with Crippen LogP contribution in [0.2, 0.25) is 0 Å². The molecule has 1 atom stereocenters. The molecule has 0 aliphatic carbocycles. The van der Waals surface area contributed by atoms with Gasteiger partial charge in [0.15, 0.2) is 0 Å². The molecular formula is C15H30N2. The van der Waals surface area contributed by atoms with Crippen molar-refractivity contribution in [3.05, 3.63) is 24.3 Å². The molecule has 1 unspecified atom stereocenters. The van der Waals surface area contributed by atoms with Gasteiger partial charge in [0, 0.05) is 6.04 Å². The van der Waals surface area contributed by atoms with Gasteiger partial charge >= 0.3 is 0 Å². The first kappa shape index (κ1) is 16.4. The molecule has 0 rings (SSSR count). The van der Waals surface area contributed by atoms with Crippen molar-refractivity contribution in [1.29, 1.82) is 0 Å². The average molecular weight is 238 g/mol. The highest BCUT2D eigenvalue weighted by molar-refractivity contribution is 4.95. The predicted molar refractivity (Wildman–Crippen MR) is 77.8 cm³/mol. The quantitative estimate of drug-likeness (QED) is 0.504. The normalized spacial score (nSPS) is 15.2. The van der Waals surface area contributed by atoms with Crippen LogP contribution in [0, 0.1) is 11.3 Å². The van der Waals surface area contributed by atoms with Crippen LogP contribution in [0.25, 0.3) is 0 Å². The Morgan fingerprint density at radius 1 is 1.06 bits per heavy atom. The largest absolute Gasteiger partial charge is 0.330 e. The summed E-state index contributed by atoms with van der Waals surface area (Å²) in [6.45, 7) is 9.41. The van der Waals surface area contributed by atoms with Crippen LogP contribution in [-0.4, -0.2) is 12.6 Å². The molecule has 0 aromatic carbocycles. The highest BCUT2D eigenvalue weighted by atomic mass is 14.6. The third kappa shape index (κ3) is 9.13. The van der Waals surface area contributed by atoms with Crippen LogP contribution in [0.15, 0.2) is 24.3 Å². The van der Waals surface area contributed by atoms with Gasteiger partial charge in [0.2, 0.25) is 0 Å². The van der Waals surface area contributed by atoms with Gasteiger partial charge in [0.25, 0.3) is 0 Å². The van der Waals surface area contributed by atoms with Gasteiger partial charge in [-0.2, -0.15) is 0 Å². The van der Waals surface area contributed by atoms with E-state index in [4.69, 9.17) is 11.5 Å². The van der Waals surface area contributed by atoms with Gasteiger partial charge in [-0.1, -0.05) is 52.0 Å². The lowest BCUT2D eigenvalue weighted by molar-refractivity contribution is 0.384. The number of unbranched alkanes of at least 4 members (excludes halogenated alkanes) is 1. The molecule has 0 saturated heterocycles. The Morgan fingerprint density at radius 2 is 1.65 bits per heavy atom. The monoisotopic (exact) mass is 238 g/mol. The van der Waals surface area contributed by atoms with E-state index in [2.05, 4.69) is 52.0 Å². The van der Waals surface area contributed by atoms with Crippen molar-refractivity contribution in [1.82, 2.24) is 0 Å². The van der Waals surface area contributed by atoms with Crippen molar-refractivity contribution in [2.24, 2.45) is 22.8 Å². The lowest BCUT2D eigenvalue weighted by Crippen LogP contribution is -2.23. The SMILES string of the molecule is CC(C)C(N)/C=C/CC/C=C/CC(C)(C)CN. The van der Waals surface area contributed by atoms with Crippen LogP contribution in [0.3, 0.4) is 0 Å². The summed E-state index contributed by atoms with van der Waals surface area (Å²) in [6, 6.07) is 0.190. The van der Waals surface area contributed by atoms with Gasteiger partial charge in [-0.05, 0) is 37.1 Å². The fourth-order valence-corrected chi connectivity index (χ4v) is 1.27. The smallest absolute Gasteiger partial charge is 0.0247 e. The topological polar surface area (TPSA) is 52.0 Å². The Balaban J connectivity index is 3.68. The molecule has 2 nitrogen and oxygen atoms in total. The Bertz CT molecular complexity index is 239. The molecule has 0 bridgehead atoms. The molecule has 0 aromatic heterocycles. The molecule has 2 heteroatoms. The first-order valence-electron chi connectivity index (χ1n) is 6.66. The Morgan fingerprint density at radius 3 is 2.18 bits per heavy atom. The molecule has 0 aliphatic rings. The van der Waals surface area contributed by atoms with Crippen molar-refractivity contribution in [2.45, 2.75) is 53.0 Å². The minimum atomic E-state index is 0.190. The summed E-state index contributed by atoms with van der Waals surface area (Å²) in [5.41, 5.74) is 11.8. The van der Waals surface area contributed by atoms with Gasteiger partial charge in [-0.15, -0.1) is 0 Å². The maximum atomic E-state index is 5.91. The fourth-order valence-electron chi connectivity index (χ4n) is 1.27. The van der Waals surface area contributed by atoms with E-state index < -0.39 is 0 Å². The lowest BCUT2D eigenvalue weighted by atomic mass is 9.89. The number of nitrogens with two attached hydrogens (primary N) is 2. The van der Waals surface area contributed by atoms with E-state index in [9.17, 15) is 0 Å². The first-order valence-corrected chi connectivity index (χ1v) is 6.66. The third-order valence-electron chi connectivity index (χ3n) is 3.02. The summed E-state index contributed by atoms with van der Waals surface area (Å²) in [7, 11) is 0. The summed E-state index contributed by atoms with van der Waals surface area (Å²) in [6.07, 6.45) is 12.0. The van der Waals surface area contributed by atoms with Crippen LogP contribution in [0.1, 0.15) is 47.0 Å². The molecule has 0 radical (unpaired) electrons. The van der Waals surface area contributed by atoms with E-state index in [0.29, 0.717) is 5.92 Å². The molecule has 0 fully saturated rings. The maximum absolute atomic E-state index is 5.91. The second kappa shape index (κ2) is 8.48. The summed E-state index contributed by atoms with van der Waals surface area (Å²) >= 11 is 0. The van der Waals surface area contributed by atoms with E-state index in [1.54, 1.807) is 0 Å². The zero-order valence-corrected chi connectivity index (χ0v) is 11.9. The Labute approximate surface area is 107 Å². The molecule has 0 amide bonds. The Hall–Kier alpha value is -0.600. The second-order valence-electron chi connectivity index (χ2n) is 5.87. The highest BCUT2D eigenvalue weighted by Gasteiger charge is 2.12. The summed E-state index contributed by atoms with van der Waals surface area (Å²) < 4.78 is 0. The van der Waals surface area contributed by atoms with Crippen molar-refractivity contribution in [2.75, 3.05) is 6.54 Å². The van der Waals surface area contributed by atoms with Crippen molar-refractivity contribution >= 4 is 0 Å². The highest BCUT2D eigenvalue weighted by Crippen LogP contribution is 2.18. The molecule has 0 spiro atoms. The number of hydrogen-bond donors (Lipinski definition) is 2. The molecule has 4 N–H and O–H groups in total. The van der Waals surface area contributed by atoms with Crippen molar-refractivity contribution in [3.8, 4) is 0 Å². The number of hydrogen-bond acceptors (Lipinski definition) is 2. The molecule has 0 aromatic rings. The van der Waals surface area contributed by atoms with E-state index >= 15 is 0 Å². The molecular weight excluding hydrogens is 208 g/mol. The molecule has 100 valence electrons. The summed E-state index contributed by atoms with van der Waals surface area (Å²) in [5, 5.41) is 0. The van der Waals surface area contributed by atoms with E-state index in [-0.39, 0.29) is 11.5 Å². The zero-order chi connectivity index (χ0) is 13.3. The molecule has 0 heterocycles.